The van der Waals surface area contributed by atoms with Gasteiger partial charge in [-0.05, 0) is 43.3 Å². The molecule has 1 atom stereocenters. The summed E-state index contributed by atoms with van der Waals surface area (Å²) in [5.74, 6) is 0.109. The Bertz CT molecular complexity index is 1040. The summed E-state index contributed by atoms with van der Waals surface area (Å²) in [4.78, 5) is 13.3. The Kier molecular flexibility index (Phi) is 6.82. The van der Waals surface area contributed by atoms with Crippen LogP contribution >= 0.6 is 11.6 Å². The van der Waals surface area contributed by atoms with Gasteiger partial charge in [0.25, 0.3) is 5.91 Å². The van der Waals surface area contributed by atoms with Crippen molar-refractivity contribution in [2.24, 2.45) is 0 Å². The number of hydrogen-bond donors (Lipinski definition) is 0. The lowest BCUT2D eigenvalue weighted by Gasteiger charge is -2.35. The van der Waals surface area contributed by atoms with Gasteiger partial charge < -0.3 is 9.64 Å². The molecule has 1 heterocycles. The van der Waals surface area contributed by atoms with Crippen LogP contribution in [0.15, 0.2) is 53.4 Å². The van der Waals surface area contributed by atoms with E-state index in [1.807, 2.05) is 0 Å². The number of halogens is 4. The average molecular weight is 477 g/mol. The molecule has 168 valence electrons. The first-order valence-electron chi connectivity index (χ1n) is 9.37. The number of sulfonamides is 1. The van der Waals surface area contributed by atoms with E-state index in [0.29, 0.717) is 10.8 Å². The molecule has 0 radical (unpaired) electrons. The molecule has 2 aromatic rings. The number of ether oxygens (including phenoxy) is 1. The van der Waals surface area contributed by atoms with E-state index in [2.05, 4.69) is 0 Å². The highest BCUT2D eigenvalue weighted by Crippen LogP contribution is 2.35. The first-order chi connectivity index (χ1) is 14.5. The zero-order chi connectivity index (χ0) is 22.8. The van der Waals surface area contributed by atoms with Gasteiger partial charge in [-0.2, -0.15) is 17.5 Å². The van der Waals surface area contributed by atoms with Gasteiger partial charge in [0.2, 0.25) is 10.0 Å². The fourth-order valence-electron chi connectivity index (χ4n) is 3.24. The Morgan fingerprint density at radius 2 is 1.61 bits per heavy atom. The van der Waals surface area contributed by atoms with E-state index in [-0.39, 0.29) is 32.1 Å². The summed E-state index contributed by atoms with van der Waals surface area (Å²) in [6.45, 7) is 1.42. The maximum atomic E-state index is 13.2. The standard InChI is InChI=1S/C20H20ClF3N2O4S/c1-14(30-16-8-6-15(21)7-9-16)19(27)25-10-12-26(13-11-25)31(28,29)18-5-3-2-4-17(18)20(22,23)24/h2-9,14H,10-13H2,1H3/t14-/m0/s1. The average Bonchev–Trinajstić information content (AvgIpc) is 2.74. The Morgan fingerprint density at radius 3 is 2.19 bits per heavy atom. The number of rotatable bonds is 5. The molecule has 0 unspecified atom stereocenters. The summed E-state index contributed by atoms with van der Waals surface area (Å²) in [7, 11) is -4.37. The quantitative estimate of drug-likeness (QED) is 0.660. The van der Waals surface area contributed by atoms with Crippen molar-refractivity contribution in [3.63, 3.8) is 0 Å². The zero-order valence-corrected chi connectivity index (χ0v) is 18.0. The van der Waals surface area contributed by atoms with Crippen LogP contribution in [0.2, 0.25) is 5.02 Å². The minimum Gasteiger partial charge on any atom is -0.481 e. The second kappa shape index (κ2) is 9.05. The molecule has 31 heavy (non-hydrogen) atoms. The number of nitrogens with zero attached hydrogens (tertiary/aromatic N) is 2. The predicted molar refractivity (Wildman–Crippen MR) is 108 cm³/mol. The minimum absolute atomic E-state index is 0.0422. The van der Waals surface area contributed by atoms with E-state index in [9.17, 15) is 26.4 Å². The Hall–Kier alpha value is -2.30. The zero-order valence-electron chi connectivity index (χ0n) is 16.5. The molecule has 0 aliphatic carbocycles. The maximum Gasteiger partial charge on any atom is 0.417 e. The fraction of sp³-hybridized carbons (Fsp3) is 0.350. The molecular weight excluding hydrogens is 457 g/mol. The molecule has 0 saturated carbocycles. The van der Waals surface area contributed by atoms with Gasteiger partial charge >= 0.3 is 6.18 Å². The Morgan fingerprint density at radius 1 is 1.03 bits per heavy atom. The van der Waals surface area contributed by atoms with E-state index >= 15 is 0 Å². The summed E-state index contributed by atoms with van der Waals surface area (Å²) < 4.78 is 71.9. The van der Waals surface area contributed by atoms with Gasteiger partial charge in [-0.3, -0.25) is 4.79 Å². The number of amides is 1. The normalized spacial score (nSPS) is 16.7. The first kappa shape index (κ1) is 23.4. The summed E-state index contributed by atoms with van der Waals surface area (Å²) >= 11 is 5.82. The summed E-state index contributed by atoms with van der Waals surface area (Å²) in [5.41, 5.74) is -1.21. The van der Waals surface area contributed by atoms with E-state index in [1.165, 1.54) is 11.0 Å². The molecule has 1 aliphatic rings. The third kappa shape index (κ3) is 5.31. The van der Waals surface area contributed by atoms with Crippen molar-refractivity contribution in [2.45, 2.75) is 24.1 Å². The second-order valence-corrected chi connectivity index (χ2v) is 9.28. The molecule has 0 bridgehead atoms. The summed E-state index contributed by atoms with van der Waals surface area (Å²) in [5, 5.41) is 0.524. The molecule has 0 N–H and O–H groups in total. The van der Waals surface area contributed by atoms with Crippen LogP contribution in [0.4, 0.5) is 13.2 Å². The van der Waals surface area contributed by atoms with Crippen LogP contribution in [0.1, 0.15) is 12.5 Å². The van der Waals surface area contributed by atoms with Gasteiger partial charge in [-0.1, -0.05) is 23.7 Å². The number of piperazine rings is 1. The largest absolute Gasteiger partial charge is 0.481 e. The number of carbonyl (C=O) groups is 1. The SMILES string of the molecule is C[C@H](Oc1ccc(Cl)cc1)C(=O)N1CCN(S(=O)(=O)c2ccccc2C(F)(F)F)CC1. The van der Waals surface area contributed by atoms with Gasteiger partial charge in [0.1, 0.15) is 5.75 Å². The summed E-state index contributed by atoms with van der Waals surface area (Å²) in [6.07, 6.45) is -5.62. The molecule has 11 heteroatoms. The predicted octanol–water partition coefficient (Wildman–Crippen LogP) is 3.66. The second-order valence-electron chi connectivity index (χ2n) is 6.94. The van der Waals surface area contributed by atoms with Crippen molar-refractivity contribution in [3.8, 4) is 5.75 Å². The van der Waals surface area contributed by atoms with Crippen LogP contribution in [0.5, 0.6) is 5.75 Å². The first-order valence-corrected chi connectivity index (χ1v) is 11.2. The van der Waals surface area contributed by atoms with Crippen LogP contribution in [-0.4, -0.2) is 55.8 Å². The van der Waals surface area contributed by atoms with Gasteiger partial charge in [0.15, 0.2) is 6.10 Å². The van der Waals surface area contributed by atoms with E-state index in [1.54, 1.807) is 31.2 Å². The van der Waals surface area contributed by atoms with Crippen molar-refractivity contribution in [1.29, 1.82) is 0 Å². The van der Waals surface area contributed by atoms with Gasteiger partial charge in [0.05, 0.1) is 10.5 Å². The number of hydrogen-bond acceptors (Lipinski definition) is 4. The summed E-state index contributed by atoms with van der Waals surface area (Å²) in [6, 6.07) is 10.6. The van der Waals surface area contributed by atoms with Crippen molar-refractivity contribution in [3.05, 3.63) is 59.1 Å². The molecule has 0 aromatic heterocycles. The van der Waals surface area contributed by atoms with E-state index in [4.69, 9.17) is 16.3 Å². The third-order valence-corrected chi connectivity index (χ3v) is 7.04. The lowest BCUT2D eigenvalue weighted by Crippen LogP contribution is -2.53. The molecular formula is C20H20ClF3N2O4S. The number of benzene rings is 2. The van der Waals surface area contributed by atoms with Gasteiger partial charge in [-0.25, -0.2) is 8.42 Å². The Labute approximate surface area is 183 Å². The molecule has 6 nitrogen and oxygen atoms in total. The van der Waals surface area contributed by atoms with Crippen LogP contribution in [0.25, 0.3) is 0 Å². The van der Waals surface area contributed by atoms with Gasteiger partial charge in [0, 0.05) is 31.2 Å². The third-order valence-electron chi connectivity index (χ3n) is 4.83. The van der Waals surface area contributed by atoms with E-state index < -0.39 is 32.8 Å². The van der Waals surface area contributed by atoms with Gasteiger partial charge in [-0.15, -0.1) is 0 Å². The molecule has 3 rings (SSSR count). The molecule has 0 spiro atoms. The van der Waals surface area contributed by atoms with Crippen molar-refractivity contribution < 1.29 is 31.1 Å². The monoisotopic (exact) mass is 476 g/mol. The highest BCUT2D eigenvalue weighted by Gasteiger charge is 2.40. The van der Waals surface area contributed by atoms with Crippen molar-refractivity contribution in [1.82, 2.24) is 9.21 Å². The molecule has 1 amide bonds. The minimum atomic E-state index is -4.80. The topological polar surface area (TPSA) is 66.9 Å². The lowest BCUT2D eigenvalue weighted by molar-refractivity contribution is -0.140. The fourth-order valence-corrected chi connectivity index (χ4v) is 5.00. The van der Waals surface area contributed by atoms with Crippen LogP contribution in [0.3, 0.4) is 0 Å². The number of carbonyl (C=O) groups excluding carboxylic acids is 1. The molecule has 2 aromatic carbocycles. The van der Waals surface area contributed by atoms with Crippen LogP contribution in [0, 0.1) is 0 Å². The number of alkyl halides is 3. The van der Waals surface area contributed by atoms with E-state index in [0.717, 1.165) is 22.5 Å². The van der Waals surface area contributed by atoms with Crippen LogP contribution < -0.4 is 4.74 Å². The highest BCUT2D eigenvalue weighted by molar-refractivity contribution is 7.89. The lowest BCUT2D eigenvalue weighted by atomic mass is 10.2. The molecule has 1 fully saturated rings. The molecule has 1 aliphatic heterocycles. The smallest absolute Gasteiger partial charge is 0.417 e. The van der Waals surface area contributed by atoms with Crippen molar-refractivity contribution in [2.75, 3.05) is 26.2 Å². The maximum absolute atomic E-state index is 13.2. The van der Waals surface area contributed by atoms with Crippen molar-refractivity contribution >= 4 is 27.5 Å². The Balaban J connectivity index is 1.66. The molecule has 1 saturated heterocycles. The highest BCUT2D eigenvalue weighted by atomic mass is 35.5. The van der Waals surface area contributed by atoms with Crippen LogP contribution in [-0.2, 0) is 21.0 Å².